The first-order valence-electron chi connectivity index (χ1n) is 7.28. The Bertz CT molecular complexity index is 833. The van der Waals surface area contributed by atoms with E-state index >= 15 is 0 Å². The lowest BCUT2D eigenvalue weighted by atomic mass is 10.2. The van der Waals surface area contributed by atoms with E-state index in [1.54, 1.807) is 42.5 Å². The highest BCUT2D eigenvalue weighted by Crippen LogP contribution is 2.20. The van der Waals surface area contributed by atoms with Crippen LogP contribution in [-0.4, -0.2) is 20.1 Å². The van der Waals surface area contributed by atoms with Crippen molar-refractivity contribution >= 4 is 38.9 Å². The fraction of sp³-hybridized carbons (Fsp3) is 0.235. The van der Waals surface area contributed by atoms with Gasteiger partial charge in [-0.25, -0.2) is 8.42 Å². The molecule has 24 heavy (non-hydrogen) atoms. The molecule has 0 aliphatic carbocycles. The largest absolute Gasteiger partial charge is 0.352 e. The third kappa shape index (κ3) is 5.23. The van der Waals surface area contributed by atoms with E-state index in [2.05, 4.69) is 5.32 Å². The Morgan fingerprint density at radius 2 is 1.75 bits per heavy atom. The maximum absolute atomic E-state index is 12.2. The van der Waals surface area contributed by atoms with Crippen LogP contribution < -0.4 is 5.32 Å². The van der Waals surface area contributed by atoms with Crippen LogP contribution in [0.5, 0.6) is 0 Å². The molecule has 2 rings (SSSR count). The lowest BCUT2D eigenvalue weighted by Gasteiger charge is -2.08. The van der Waals surface area contributed by atoms with Gasteiger partial charge >= 0.3 is 0 Å². The van der Waals surface area contributed by atoms with Crippen LogP contribution in [0.25, 0.3) is 0 Å². The fourth-order valence-corrected chi connectivity index (χ4v) is 3.75. The van der Waals surface area contributed by atoms with E-state index in [9.17, 15) is 13.2 Å². The number of aryl methyl sites for hydroxylation is 1. The van der Waals surface area contributed by atoms with Crippen LogP contribution in [0, 0.1) is 6.92 Å². The zero-order chi connectivity index (χ0) is 17.7. The van der Waals surface area contributed by atoms with E-state index in [4.69, 9.17) is 23.2 Å². The summed E-state index contributed by atoms with van der Waals surface area (Å²) < 4.78 is 24.4. The van der Waals surface area contributed by atoms with Gasteiger partial charge in [-0.05, 0) is 36.8 Å². The molecule has 0 bridgehead atoms. The lowest BCUT2D eigenvalue weighted by Crippen LogP contribution is -2.25. The fourth-order valence-electron chi connectivity index (χ4n) is 2.04. The Hall–Kier alpha value is -1.56. The first-order chi connectivity index (χ1) is 11.3. The number of nitrogens with one attached hydrogen (secondary N) is 1. The van der Waals surface area contributed by atoms with Gasteiger partial charge < -0.3 is 5.32 Å². The number of rotatable bonds is 6. The van der Waals surface area contributed by atoms with Gasteiger partial charge in [-0.1, -0.05) is 47.0 Å². The van der Waals surface area contributed by atoms with Gasteiger partial charge in [0.05, 0.1) is 10.6 Å². The molecule has 0 saturated heterocycles. The van der Waals surface area contributed by atoms with Crippen molar-refractivity contribution in [1.82, 2.24) is 5.32 Å². The summed E-state index contributed by atoms with van der Waals surface area (Å²) in [5.74, 6) is -0.590. The predicted octanol–water partition coefficient (Wildman–Crippen LogP) is 3.78. The maximum Gasteiger partial charge on any atom is 0.221 e. The van der Waals surface area contributed by atoms with Gasteiger partial charge in [-0.15, -0.1) is 0 Å². The minimum Gasteiger partial charge on any atom is -0.352 e. The molecule has 0 spiro atoms. The molecule has 0 aliphatic heterocycles. The van der Waals surface area contributed by atoms with Crippen LogP contribution in [0.1, 0.15) is 17.5 Å². The highest BCUT2D eigenvalue weighted by molar-refractivity contribution is 7.91. The second-order valence-corrected chi connectivity index (χ2v) is 8.35. The molecule has 0 fully saturated rings. The summed E-state index contributed by atoms with van der Waals surface area (Å²) >= 11 is 11.8. The third-order valence-electron chi connectivity index (χ3n) is 3.47. The molecular weight excluding hydrogens is 369 g/mol. The number of amides is 1. The van der Waals surface area contributed by atoms with Crippen molar-refractivity contribution in [3.63, 3.8) is 0 Å². The molecule has 0 aliphatic rings. The first kappa shape index (κ1) is 18.8. The second kappa shape index (κ2) is 8.01. The van der Waals surface area contributed by atoms with E-state index < -0.39 is 9.84 Å². The topological polar surface area (TPSA) is 63.2 Å². The molecule has 1 N–H and O–H groups in total. The molecule has 0 unspecified atom stereocenters. The van der Waals surface area contributed by atoms with Crippen molar-refractivity contribution in [2.75, 3.05) is 5.75 Å². The van der Waals surface area contributed by atoms with Crippen molar-refractivity contribution in [2.24, 2.45) is 0 Å². The van der Waals surface area contributed by atoms with E-state index in [0.29, 0.717) is 10.0 Å². The molecule has 1 amide bonds. The highest BCUT2D eigenvalue weighted by Gasteiger charge is 2.16. The molecule has 2 aromatic carbocycles. The number of halogens is 2. The third-order valence-corrected chi connectivity index (χ3v) is 5.79. The van der Waals surface area contributed by atoms with Gasteiger partial charge in [0, 0.05) is 23.0 Å². The molecule has 0 saturated carbocycles. The summed E-state index contributed by atoms with van der Waals surface area (Å²) in [5.41, 5.74) is 1.70. The summed E-state index contributed by atoms with van der Waals surface area (Å²) in [5, 5.41) is 3.63. The Morgan fingerprint density at radius 1 is 1.08 bits per heavy atom. The normalized spacial score (nSPS) is 11.3. The zero-order valence-corrected chi connectivity index (χ0v) is 15.4. The Kier molecular flexibility index (Phi) is 6.27. The molecule has 0 radical (unpaired) electrons. The van der Waals surface area contributed by atoms with Crippen molar-refractivity contribution in [3.05, 3.63) is 63.6 Å². The molecule has 2 aromatic rings. The molecule has 0 heterocycles. The van der Waals surface area contributed by atoms with Gasteiger partial charge in [0.2, 0.25) is 5.91 Å². The Balaban J connectivity index is 1.89. The molecule has 128 valence electrons. The van der Waals surface area contributed by atoms with Crippen LogP contribution in [0.3, 0.4) is 0 Å². The number of sulfone groups is 1. The number of carbonyl (C=O) groups is 1. The number of hydrogen-bond acceptors (Lipinski definition) is 3. The summed E-state index contributed by atoms with van der Waals surface area (Å²) in [4.78, 5) is 12.1. The smallest absolute Gasteiger partial charge is 0.221 e. The predicted molar refractivity (Wildman–Crippen MR) is 96.2 cm³/mol. The standard InChI is InChI=1S/C17H17Cl2NO3S/c1-12-2-6-15(7-3-12)24(22,23)9-8-17(21)20-11-13-4-5-14(18)10-16(13)19/h2-7,10H,8-9,11H2,1H3,(H,20,21). The number of benzene rings is 2. The van der Waals surface area contributed by atoms with Crippen LogP contribution in [0.15, 0.2) is 47.4 Å². The molecular formula is C17H17Cl2NO3S. The molecule has 7 heteroatoms. The van der Waals surface area contributed by atoms with E-state index in [0.717, 1.165) is 11.1 Å². The number of hydrogen-bond donors (Lipinski definition) is 1. The van der Waals surface area contributed by atoms with Crippen LogP contribution >= 0.6 is 23.2 Å². The SMILES string of the molecule is Cc1ccc(S(=O)(=O)CCC(=O)NCc2ccc(Cl)cc2Cl)cc1. The summed E-state index contributed by atoms with van der Waals surface area (Å²) in [6.45, 7) is 2.10. The van der Waals surface area contributed by atoms with Gasteiger partial charge in [-0.3, -0.25) is 4.79 Å². The van der Waals surface area contributed by atoms with E-state index in [-0.39, 0.29) is 29.5 Å². The van der Waals surface area contributed by atoms with E-state index in [1.807, 2.05) is 6.92 Å². The Labute approximate surface area is 151 Å². The van der Waals surface area contributed by atoms with Crippen LogP contribution in [-0.2, 0) is 21.2 Å². The average Bonchev–Trinajstić information content (AvgIpc) is 2.52. The minimum absolute atomic E-state index is 0.110. The van der Waals surface area contributed by atoms with Crippen molar-refractivity contribution < 1.29 is 13.2 Å². The maximum atomic E-state index is 12.2. The first-order valence-corrected chi connectivity index (χ1v) is 9.69. The monoisotopic (exact) mass is 385 g/mol. The Morgan fingerprint density at radius 3 is 2.38 bits per heavy atom. The van der Waals surface area contributed by atoms with Gasteiger partial charge in [0.15, 0.2) is 9.84 Å². The van der Waals surface area contributed by atoms with Gasteiger partial charge in [0.1, 0.15) is 0 Å². The second-order valence-electron chi connectivity index (χ2n) is 5.39. The van der Waals surface area contributed by atoms with Crippen molar-refractivity contribution in [3.8, 4) is 0 Å². The minimum atomic E-state index is -3.47. The summed E-state index contributed by atoms with van der Waals surface area (Å²) in [7, 11) is -3.47. The average molecular weight is 386 g/mol. The molecule has 4 nitrogen and oxygen atoms in total. The van der Waals surface area contributed by atoms with Gasteiger partial charge in [0.25, 0.3) is 0 Å². The lowest BCUT2D eigenvalue weighted by molar-refractivity contribution is -0.120. The highest BCUT2D eigenvalue weighted by atomic mass is 35.5. The molecule has 0 aromatic heterocycles. The quantitative estimate of drug-likeness (QED) is 0.822. The van der Waals surface area contributed by atoms with Crippen LogP contribution in [0.4, 0.5) is 0 Å². The molecule has 0 atom stereocenters. The van der Waals surface area contributed by atoms with Crippen molar-refractivity contribution in [1.29, 1.82) is 0 Å². The summed E-state index contributed by atoms with van der Waals surface area (Å²) in [6, 6.07) is 11.5. The summed E-state index contributed by atoms with van der Waals surface area (Å²) in [6.07, 6.45) is -0.110. The number of carbonyl (C=O) groups excluding carboxylic acids is 1. The van der Waals surface area contributed by atoms with Crippen LogP contribution in [0.2, 0.25) is 10.0 Å². The van der Waals surface area contributed by atoms with E-state index in [1.165, 1.54) is 0 Å². The van der Waals surface area contributed by atoms with Crippen molar-refractivity contribution in [2.45, 2.75) is 24.8 Å². The van der Waals surface area contributed by atoms with Gasteiger partial charge in [-0.2, -0.15) is 0 Å². The zero-order valence-electron chi connectivity index (χ0n) is 13.1.